The van der Waals surface area contributed by atoms with E-state index in [0.717, 1.165) is 27.3 Å². The van der Waals surface area contributed by atoms with Crippen molar-refractivity contribution in [2.75, 3.05) is 11.5 Å². The molecule has 0 N–H and O–H groups in total. The van der Waals surface area contributed by atoms with Crippen LogP contribution in [0.1, 0.15) is 11.1 Å². The summed E-state index contributed by atoms with van der Waals surface area (Å²) in [6.45, 7) is 0. The molecule has 6 heteroatoms. The fourth-order valence-corrected chi connectivity index (χ4v) is 6.32. The quantitative estimate of drug-likeness (QED) is 0.286. The fraction of sp³-hybridized carbons (Fsp3) is 0.120. The van der Waals surface area contributed by atoms with Crippen molar-refractivity contribution in [3.8, 4) is 27.8 Å². The molecule has 0 saturated carbocycles. The Morgan fingerprint density at radius 2 is 1.74 bits per heavy atom. The summed E-state index contributed by atoms with van der Waals surface area (Å²) in [5.74, 6) is 1.74. The highest BCUT2D eigenvalue weighted by Gasteiger charge is 2.16. The maximum atomic E-state index is 12.5. The maximum Gasteiger partial charge on any atom is 0.115 e. The lowest BCUT2D eigenvalue weighted by Crippen LogP contribution is -2.04. The Bertz CT molecular complexity index is 1200. The molecule has 154 valence electrons. The van der Waals surface area contributed by atoms with Gasteiger partial charge in [0, 0.05) is 33.6 Å². The Morgan fingerprint density at radius 1 is 1.00 bits per heavy atom. The third-order valence-corrected chi connectivity index (χ3v) is 8.12. The number of rotatable bonds is 8. The van der Waals surface area contributed by atoms with Gasteiger partial charge in [-0.1, -0.05) is 66.7 Å². The number of nitrogens with zero attached hydrogens (tertiary/aromatic N) is 2. The van der Waals surface area contributed by atoms with E-state index in [2.05, 4.69) is 6.07 Å². The Balaban J connectivity index is 1.58. The molecule has 0 saturated heterocycles. The zero-order valence-corrected chi connectivity index (χ0v) is 19.2. The number of nitriles is 1. The molecule has 1 unspecified atom stereocenters. The van der Waals surface area contributed by atoms with E-state index < -0.39 is 10.8 Å². The minimum Gasteiger partial charge on any atom is -0.259 e. The fourth-order valence-electron chi connectivity index (χ4n) is 3.19. The predicted molar refractivity (Wildman–Crippen MR) is 132 cm³/mol. The number of pyridine rings is 1. The molecule has 1 atom stereocenters. The zero-order chi connectivity index (χ0) is 21.5. The van der Waals surface area contributed by atoms with Gasteiger partial charge in [-0.05, 0) is 28.6 Å². The lowest BCUT2D eigenvalue weighted by molar-refractivity contribution is 0.683. The number of benzene rings is 2. The summed E-state index contributed by atoms with van der Waals surface area (Å²) < 4.78 is 12.5. The van der Waals surface area contributed by atoms with Crippen molar-refractivity contribution >= 4 is 33.9 Å². The minimum atomic E-state index is -0.959. The van der Waals surface area contributed by atoms with Crippen molar-refractivity contribution in [3.63, 3.8) is 0 Å². The smallest absolute Gasteiger partial charge is 0.115 e. The molecule has 0 fully saturated rings. The maximum absolute atomic E-state index is 12.5. The first-order valence-corrected chi connectivity index (χ1v) is 13.2. The van der Waals surface area contributed by atoms with Gasteiger partial charge in [-0.3, -0.25) is 4.21 Å². The monoisotopic (exact) mass is 460 g/mol. The van der Waals surface area contributed by atoms with Gasteiger partial charge in [0.2, 0.25) is 0 Å². The summed E-state index contributed by atoms with van der Waals surface area (Å²) in [6.07, 6.45) is 0. The topological polar surface area (TPSA) is 53.8 Å². The van der Waals surface area contributed by atoms with E-state index in [1.807, 2.05) is 84.2 Å². The van der Waals surface area contributed by atoms with Crippen LogP contribution < -0.4 is 0 Å². The van der Waals surface area contributed by atoms with Crippen molar-refractivity contribution in [1.82, 2.24) is 4.98 Å². The van der Waals surface area contributed by atoms with Crippen molar-refractivity contribution in [2.24, 2.45) is 0 Å². The van der Waals surface area contributed by atoms with Crippen LogP contribution in [0.4, 0.5) is 0 Å². The summed E-state index contributed by atoms with van der Waals surface area (Å²) in [7, 11) is -0.959. The molecule has 0 aliphatic heterocycles. The van der Waals surface area contributed by atoms with Gasteiger partial charge in [0.05, 0.1) is 16.1 Å². The average Bonchev–Trinajstić information content (AvgIpc) is 3.35. The molecule has 0 bridgehead atoms. The molecule has 4 rings (SSSR count). The van der Waals surface area contributed by atoms with Gasteiger partial charge >= 0.3 is 0 Å². The van der Waals surface area contributed by atoms with Crippen LogP contribution in [0.3, 0.4) is 0 Å². The minimum absolute atomic E-state index is 0.546. The molecule has 2 heterocycles. The molecular weight excluding hydrogens is 440 g/mol. The Kier molecular flexibility index (Phi) is 7.31. The summed E-state index contributed by atoms with van der Waals surface area (Å²) in [5, 5.41) is 12.6. The van der Waals surface area contributed by atoms with E-state index in [1.54, 1.807) is 11.3 Å². The third-order valence-electron chi connectivity index (χ3n) is 4.68. The third kappa shape index (κ3) is 5.50. The highest BCUT2D eigenvalue weighted by atomic mass is 32.2. The van der Waals surface area contributed by atoms with Crippen molar-refractivity contribution in [1.29, 1.82) is 5.26 Å². The number of aromatic nitrogens is 1. The van der Waals surface area contributed by atoms with Crippen molar-refractivity contribution < 1.29 is 4.21 Å². The number of thioether (sulfide) groups is 1. The van der Waals surface area contributed by atoms with Gasteiger partial charge < -0.3 is 0 Å². The highest BCUT2D eigenvalue weighted by Crippen LogP contribution is 2.35. The van der Waals surface area contributed by atoms with Gasteiger partial charge in [0.1, 0.15) is 11.1 Å². The number of thiophene rings is 1. The molecule has 3 nitrogen and oxygen atoms in total. The SMILES string of the molecule is N#Cc1c(-c2ccccc2)cc(-c2cccs2)nc1SCCS(=O)Cc1ccccc1. The lowest BCUT2D eigenvalue weighted by Gasteiger charge is -2.12. The molecule has 0 aliphatic carbocycles. The van der Waals surface area contributed by atoms with Crippen molar-refractivity contribution in [3.05, 3.63) is 95.4 Å². The summed E-state index contributed by atoms with van der Waals surface area (Å²) in [4.78, 5) is 5.87. The van der Waals surface area contributed by atoms with Crippen LogP contribution in [0.15, 0.2) is 89.3 Å². The molecule has 0 spiro atoms. The van der Waals surface area contributed by atoms with E-state index in [-0.39, 0.29) is 0 Å². The first-order valence-electron chi connectivity index (χ1n) is 9.81. The van der Waals surface area contributed by atoms with E-state index in [9.17, 15) is 9.47 Å². The first-order chi connectivity index (χ1) is 15.2. The lowest BCUT2D eigenvalue weighted by atomic mass is 10.0. The number of hydrogen-bond donors (Lipinski definition) is 0. The van der Waals surface area contributed by atoms with Crippen molar-refractivity contribution in [2.45, 2.75) is 10.8 Å². The van der Waals surface area contributed by atoms with Gasteiger partial charge in [-0.2, -0.15) is 5.26 Å². The number of hydrogen-bond acceptors (Lipinski definition) is 5. The largest absolute Gasteiger partial charge is 0.259 e. The van der Waals surface area contributed by atoms with Crippen LogP contribution in [0.2, 0.25) is 0 Å². The van der Waals surface area contributed by atoms with Gasteiger partial charge in [0.15, 0.2) is 0 Å². The summed E-state index contributed by atoms with van der Waals surface area (Å²) >= 11 is 3.14. The Morgan fingerprint density at radius 3 is 2.42 bits per heavy atom. The van der Waals surface area contributed by atoms with Crippen LogP contribution in [0.5, 0.6) is 0 Å². The van der Waals surface area contributed by atoms with E-state index in [1.165, 1.54) is 11.8 Å². The van der Waals surface area contributed by atoms with E-state index in [0.29, 0.717) is 27.8 Å². The second kappa shape index (κ2) is 10.5. The normalized spacial score (nSPS) is 11.7. The Hall–Kier alpha value is -2.72. The molecule has 2 aromatic heterocycles. The molecule has 31 heavy (non-hydrogen) atoms. The predicted octanol–water partition coefficient (Wildman–Crippen LogP) is 6.39. The second-order valence-corrected chi connectivity index (χ2v) is 10.4. The molecule has 0 amide bonds. The highest BCUT2D eigenvalue weighted by molar-refractivity contribution is 8.00. The van der Waals surface area contributed by atoms with Crippen LogP contribution in [0.25, 0.3) is 21.7 Å². The zero-order valence-electron chi connectivity index (χ0n) is 16.7. The van der Waals surface area contributed by atoms with Gasteiger partial charge in [-0.25, -0.2) is 4.98 Å². The molecule has 4 aromatic rings. The molecule has 0 aliphatic rings. The molecular formula is C25H20N2OS3. The van der Waals surface area contributed by atoms with Gasteiger partial charge in [0.25, 0.3) is 0 Å². The van der Waals surface area contributed by atoms with Crippen LogP contribution >= 0.6 is 23.1 Å². The van der Waals surface area contributed by atoms with Crippen LogP contribution in [0, 0.1) is 11.3 Å². The van der Waals surface area contributed by atoms with E-state index in [4.69, 9.17) is 4.98 Å². The van der Waals surface area contributed by atoms with Crippen LogP contribution in [-0.4, -0.2) is 20.7 Å². The summed E-state index contributed by atoms with van der Waals surface area (Å²) in [6, 6.07) is 28.2. The molecule has 0 radical (unpaired) electrons. The Labute approximate surface area is 193 Å². The average molecular weight is 461 g/mol. The van der Waals surface area contributed by atoms with Gasteiger partial charge in [-0.15, -0.1) is 23.1 Å². The molecule has 2 aromatic carbocycles. The standard InChI is InChI=1S/C25H20N2OS3/c26-17-22-21(20-10-5-2-6-11-20)16-23(24-12-7-13-29-24)27-25(22)30-14-15-31(28)18-19-8-3-1-4-9-19/h1-13,16H,14-15,18H2. The first kappa shape index (κ1) is 21.5. The second-order valence-electron chi connectivity index (χ2n) is 6.81. The van der Waals surface area contributed by atoms with Crippen LogP contribution in [-0.2, 0) is 16.6 Å². The summed E-state index contributed by atoms with van der Waals surface area (Å²) in [5.41, 5.74) is 4.39. The van der Waals surface area contributed by atoms with E-state index >= 15 is 0 Å².